The number of hydrogen-bond donors (Lipinski definition) is 0. The van der Waals surface area contributed by atoms with Crippen LogP contribution < -0.4 is 4.90 Å². The van der Waals surface area contributed by atoms with Gasteiger partial charge in [0.25, 0.3) is 5.91 Å². The van der Waals surface area contributed by atoms with E-state index in [0.29, 0.717) is 17.3 Å². The van der Waals surface area contributed by atoms with Crippen LogP contribution in [-0.2, 0) is 5.41 Å². The van der Waals surface area contributed by atoms with Crippen LogP contribution in [-0.4, -0.2) is 42.0 Å². The van der Waals surface area contributed by atoms with Crippen LogP contribution in [0.4, 0.5) is 10.1 Å². The van der Waals surface area contributed by atoms with Crippen LogP contribution in [0.1, 0.15) is 28.8 Å². The fraction of sp³-hybridized carbons (Fsp3) is 0.333. The summed E-state index contributed by atoms with van der Waals surface area (Å²) in [6, 6.07) is 8.03. The lowest BCUT2D eigenvalue weighted by Crippen LogP contribution is -2.46. The number of halogens is 2. The van der Waals surface area contributed by atoms with Gasteiger partial charge >= 0.3 is 0 Å². The minimum atomic E-state index is -0.260. The van der Waals surface area contributed by atoms with Crippen molar-refractivity contribution in [3.05, 3.63) is 71.3 Å². The van der Waals surface area contributed by atoms with E-state index in [1.807, 2.05) is 6.08 Å². The number of carbonyl (C=O) groups excluding carboxylic acids is 1. The van der Waals surface area contributed by atoms with Crippen molar-refractivity contribution in [1.82, 2.24) is 9.88 Å². The lowest BCUT2D eigenvalue weighted by molar-refractivity contribution is 0.0977. The van der Waals surface area contributed by atoms with Gasteiger partial charge in [0.1, 0.15) is 11.0 Å². The molecule has 0 N–H and O–H groups in total. The average Bonchev–Trinajstić information content (AvgIpc) is 2.98. The summed E-state index contributed by atoms with van der Waals surface area (Å²) in [5.41, 5.74) is 2.02. The average molecular weight is 386 g/mol. The second kappa shape index (κ2) is 7.06. The van der Waals surface area contributed by atoms with E-state index in [2.05, 4.69) is 16.5 Å². The number of pyridine rings is 1. The van der Waals surface area contributed by atoms with Gasteiger partial charge in [-0.2, -0.15) is 0 Å². The maximum Gasteiger partial charge on any atom is 0.259 e. The van der Waals surface area contributed by atoms with Gasteiger partial charge in [0, 0.05) is 30.4 Å². The van der Waals surface area contributed by atoms with Crippen LogP contribution in [0.5, 0.6) is 0 Å². The van der Waals surface area contributed by atoms with Gasteiger partial charge in [-0.05, 0) is 61.8 Å². The number of rotatable bonds is 3. The molecule has 4 nitrogen and oxygen atoms in total. The van der Waals surface area contributed by atoms with E-state index in [1.54, 1.807) is 29.2 Å². The number of anilines is 1. The van der Waals surface area contributed by atoms with Crippen molar-refractivity contribution in [2.45, 2.75) is 18.3 Å². The molecular formula is C21H21ClFN3O. The van der Waals surface area contributed by atoms with Crippen molar-refractivity contribution in [2.75, 3.05) is 31.1 Å². The van der Waals surface area contributed by atoms with Gasteiger partial charge in [0.2, 0.25) is 0 Å². The molecule has 2 aromatic rings. The monoisotopic (exact) mass is 385 g/mol. The summed E-state index contributed by atoms with van der Waals surface area (Å²) in [4.78, 5) is 21.2. The molecule has 0 radical (unpaired) electrons. The Kier molecular flexibility index (Phi) is 4.74. The van der Waals surface area contributed by atoms with Gasteiger partial charge in [0.15, 0.2) is 0 Å². The zero-order valence-electron chi connectivity index (χ0n) is 15.0. The largest absolute Gasteiger partial charge is 0.307 e. The Bertz CT molecular complexity index is 875. The molecule has 1 aromatic carbocycles. The summed E-state index contributed by atoms with van der Waals surface area (Å²) in [6.07, 6.45) is 5.18. The zero-order valence-corrected chi connectivity index (χ0v) is 15.8. The lowest BCUT2D eigenvalue weighted by atomic mass is 9.74. The summed E-state index contributed by atoms with van der Waals surface area (Å²) < 4.78 is 14.0. The fourth-order valence-corrected chi connectivity index (χ4v) is 4.37. The smallest absolute Gasteiger partial charge is 0.259 e. The Balaban J connectivity index is 1.67. The SMILES string of the molecule is C=CCN1CCC2(CC1)CN(C(=O)c1ccc(Cl)nc1)c1ccc(F)cc12. The third-order valence-electron chi connectivity index (χ3n) is 5.70. The van der Waals surface area contributed by atoms with Crippen molar-refractivity contribution in [3.8, 4) is 0 Å². The first-order chi connectivity index (χ1) is 13.0. The van der Waals surface area contributed by atoms with E-state index in [-0.39, 0.29) is 17.1 Å². The minimum Gasteiger partial charge on any atom is -0.307 e. The van der Waals surface area contributed by atoms with Crippen molar-refractivity contribution < 1.29 is 9.18 Å². The molecule has 0 saturated carbocycles. The Labute approximate surface area is 163 Å². The van der Waals surface area contributed by atoms with Crippen LogP contribution in [0, 0.1) is 5.82 Å². The highest BCUT2D eigenvalue weighted by atomic mass is 35.5. The molecule has 1 aromatic heterocycles. The van der Waals surface area contributed by atoms with Gasteiger partial charge in [-0.1, -0.05) is 17.7 Å². The lowest BCUT2D eigenvalue weighted by Gasteiger charge is -2.39. The van der Waals surface area contributed by atoms with E-state index in [9.17, 15) is 9.18 Å². The maximum absolute atomic E-state index is 14.0. The summed E-state index contributed by atoms with van der Waals surface area (Å²) in [6.45, 7) is 7.04. The topological polar surface area (TPSA) is 36.4 Å². The molecule has 6 heteroatoms. The molecule has 0 aliphatic carbocycles. The molecule has 1 spiro atoms. The number of carbonyl (C=O) groups is 1. The van der Waals surface area contributed by atoms with E-state index in [4.69, 9.17) is 11.6 Å². The first-order valence-electron chi connectivity index (χ1n) is 9.09. The molecule has 3 heterocycles. The Morgan fingerprint density at radius 3 is 2.74 bits per heavy atom. The quantitative estimate of drug-likeness (QED) is 0.590. The van der Waals surface area contributed by atoms with Crippen molar-refractivity contribution in [2.24, 2.45) is 0 Å². The van der Waals surface area contributed by atoms with Crippen LogP contribution in [0.2, 0.25) is 5.15 Å². The third kappa shape index (κ3) is 3.26. The second-order valence-electron chi connectivity index (χ2n) is 7.29. The van der Waals surface area contributed by atoms with E-state index >= 15 is 0 Å². The molecule has 1 fully saturated rings. The zero-order chi connectivity index (χ0) is 19.0. The molecule has 4 rings (SSSR count). The first-order valence-corrected chi connectivity index (χ1v) is 9.47. The highest BCUT2D eigenvalue weighted by Gasteiger charge is 2.46. The molecule has 0 atom stereocenters. The normalized spacial score (nSPS) is 18.5. The highest BCUT2D eigenvalue weighted by molar-refractivity contribution is 6.29. The minimum absolute atomic E-state index is 0.127. The number of fused-ring (bicyclic) bond motifs is 2. The number of piperidine rings is 1. The van der Waals surface area contributed by atoms with Crippen LogP contribution in [0.15, 0.2) is 49.2 Å². The molecule has 0 unspecified atom stereocenters. The summed E-state index contributed by atoms with van der Waals surface area (Å²) >= 11 is 5.84. The van der Waals surface area contributed by atoms with Crippen LogP contribution in [0.25, 0.3) is 0 Å². The number of aromatic nitrogens is 1. The summed E-state index contributed by atoms with van der Waals surface area (Å²) in [5.74, 6) is -0.387. The van der Waals surface area contributed by atoms with Gasteiger partial charge in [-0.25, -0.2) is 9.37 Å². The maximum atomic E-state index is 14.0. The van der Waals surface area contributed by atoms with Crippen molar-refractivity contribution >= 4 is 23.2 Å². The molecule has 27 heavy (non-hydrogen) atoms. The highest BCUT2D eigenvalue weighted by Crippen LogP contribution is 2.47. The molecule has 1 amide bonds. The predicted molar refractivity (Wildman–Crippen MR) is 105 cm³/mol. The number of likely N-dealkylation sites (tertiary alicyclic amines) is 1. The van der Waals surface area contributed by atoms with Crippen molar-refractivity contribution in [1.29, 1.82) is 0 Å². The van der Waals surface area contributed by atoms with Gasteiger partial charge in [-0.15, -0.1) is 6.58 Å². The van der Waals surface area contributed by atoms with E-state index in [1.165, 1.54) is 12.3 Å². The Morgan fingerprint density at radius 1 is 1.30 bits per heavy atom. The second-order valence-corrected chi connectivity index (χ2v) is 7.68. The number of hydrogen-bond acceptors (Lipinski definition) is 3. The summed E-state index contributed by atoms with van der Waals surface area (Å²) in [7, 11) is 0. The molecule has 2 aliphatic rings. The number of amides is 1. The summed E-state index contributed by atoms with van der Waals surface area (Å²) in [5, 5.41) is 0.349. The molecule has 140 valence electrons. The van der Waals surface area contributed by atoms with Gasteiger partial charge in [0.05, 0.1) is 5.56 Å². The Hall–Kier alpha value is -2.24. The molecular weight excluding hydrogens is 365 g/mol. The van der Waals surface area contributed by atoms with Gasteiger partial charge < -0.3 is 4.90 Å². The molecule has 2 aliphatic heterocycles. The van der Waals surface area contributed by atoms with E-state index < -0.39 is 0 Å². The van der Waals surface area contributed by atoms with Crippen LogP contribution in [0.3, 0.4) is 0 Å². The van der Waals surface area contributed by atoms with Crippen LogP contribution >= 0.6 is 11.6 Å². The Morgan fingerprint density at radius 2 is 2.07 bits per heavy atom. The van der Waals surface area contributed by atoms with Gasteiger partial charge in [-0.3, -0.25) is 9.69 Å². The predicted octanol–water partition coefficient (Wildman–Crippen LogP) is 4.05. The molecule has 1 saturated heterocycles. The number of nitrogens with zero attached hydrogens (tertiary/aromatic N) is 3. The first kappa shape index (κ1) is 18.1. The standard InChI is InChI=1S/C21H21ClFN3O/c1-2-9-25-10-7-21(8-11-25)14-26(18-5-4-16(23)12-17(18)21)20(27)15-3-6-19(22)24-13-15/h2-6,12-13H,1,7-11,14H2. The molecule has 0 bridgehead atoms. The number of benzene rings is 1. The fourth-order valence-electron chi connectivity index (χ4n) is 4.25. The van der Waals surface area contributed by atoms with Crippen molar-refractivity contribution in [3.63, 3.8) is 0 Å². The third-order valence-corrected chi connectivity index (χ3v) is 5.93. The van der Waals surface area contributed by atoms with E-state index in [0.717, 1.165) is 43.7 Å².